The van der Waals surface area contributed by atoms with Gasteiger partial charge in [0.2, 0.25) is 0 Å². The Labute approximate surface area is 157 Å². The molecule has 4 atom stereocenters. The van der Waals surface area contributed by atoms with E-state index in [0.717, 1.165) is 32.9 Å². The Morgan fingerprint density at radius 2 is 1.48 bits per heavy atom. The third kappa shape index (κ3) is 2.45. The van der Waals surface area contributed by atoms with Crippen molar-refractivity contribution in [3.63, 3.8) is 0 Å². The molecule has 1 aromatic heterocycles. The van der Waals surface area contributed by atoms with Crippen molar-refractivity contribution in [1.29, 1.82) is 0 Å². The maximum absolute atomic E-state index is 12.6. The van der Waals surface area contributed by atoms with E-state index in [4.69, 9.17) is 9.47 Å². The van der Waals surface area contributed by atoms with Gasteiger partial charge in [0.25, 0.3) is 0 Å². The van der Waals surface area contributed by atoms with Crippen LogP contribution in [0.5, 0.6) is 0 Å². The van der Waals surface area contributed by atoms with Gasteiger partial charge < -0.3 is 14.5 Å². The van der Waals surface area contributed by atoms with E-state index in [1.165, 1.54) is 14.2 Å². The van der Waals surface area contributed by atoms with Gasteiger partial charge in [0, 0.05) is 16.3 Å². The third-order valence-electron chi connectivity index (χ3n) is 6.11. The second kappa shape index (κ2) is 6.41. The standard InChI is InChI=1S/C22H23NO4/c1-11-13-9-10-15-14-7-5-6-8-16(14)23-20(15)17(13)12(2)19(22(25)27-4)18(11)21(24)26-3/h5-12,18-19,23H,1-4H3/t11-,12-,18-,19-/m0/s1. The Balaban J connectivity index is 2.00. The first-order valence-electron chi connectivity index (χ1n) is 9.18. The number of hydrogen-bond acceptors (Lipinski definition) is 4. The summed E-state index contributed by atoms with van der Waals surface area (Å²) in [6.45, 7) is 3.98. The summed E-state index contributed by atoms with van der Waals surface area (Å²) < 4.78 is 10.1. The first-order chi connectivity index (χ1) is 13.0. The molecule has 0 unspecified atom stereocenters. The second-order valence-electron chi connectivity index (χ2n) is 7.34. The molecular weight excluding hydrogens is 342 g/mol. The molecule has 5 heteroatoms. The van der Waals surface area contributed by atoms with Crippen LogP contribution in [0, 0.1) is 11.8 Å². The van der Waals surface area contributed by atoms with Gasteiger partial charge >= 0.3 is 11.9 Å². The quantitative estimate of drug-likeness (QED) is 0.694. The number of nitrogens with one attached hydrogen (secondary N) is 1. The van der Waals surface area contributed by atoms with Crippen LogP contribution in [-0.2, 0) is 19.1 Å². The minimum absolute atomic E-state index is 0.149. The van der Waals surface area contributed by atoms with Crippen molar-refractivity contribution in [2.75, 3.05) is 14.2 Å². The third-order valence-corrected chi connectivity index (χ3v) is 6.11. The molecule has 0 spiro atoms. The van der Waals surface area contributed by atoms with E-state index >= 15 is 0 Å². The van der Waals surface area contributed by atoms with Crippen LogP contribution in [0.4, 0.5) is 0 Å². The fourth-order valence-corrected chi connectivity index (χ4v) is 4.81. The molecule has 0 saturated heterocycles. The number of esters is 2. The molecule has 4 rings (SSSR count). The predicted molar refractivity (Wildman–Crippen MR) is 104 cm³/mol. The summed E-state index contributed by atoms with van der Waals surface area (Å²) in [6, 6.07) is 12.3. The lowest BCUT2D eigenvalue weighted by Gasteiger charge is -2.39. The highest BCUT2D eigenvalue weighted by Gasteiger charge is 2.48. The molecule has 3 aromatic rings. The SMILES string of the molecule is COC(=O)[C@@H]1[C@@H](C(=O)OC)[C@@H](C)c2c(ccc3c2[nH]c2ccccc23)[C@@H]1C. The van der Waals surface area contributed by atoms with Crippen molar-refractivity contribution >= 4 is 33.7 Å². The molecule has 0 amide bonds. The van der Waals surface area contributed by atoms with Crippen molar-refractivity contribution in [3.8, 4) is 0 Å². The van der Waals surface area contributed by atoms with Crippen LogP contribution in [-0.4, -0.2) is 31.1 Å². The highest BCUT2D eigenvalue weighted by molar-refractivity contribution is 6.09. The molecule has 1 aliphatic rings. The molecule has 0 saturated carbocycles. The number of carbonyl (C=O) groups excluding carboxylic acids is 2. The van der Waals surface area contributed by atoms with Crippen LogP contribution in [0.2, 0.25) is 0 Å². The fraction of sp³-hybridized carbons (Fsp3) is 0.364. The van der Waals surface area contributed by atoms with E-state index in [9.17, 15) is 9.59 Å². The largest absolute Gasteiger partial charge is 0.469 e. The maximum Gasteiger partial charge on any atom is 0.310 e. The number of para-hydroxylation sites is 1. The van der Waals surface area contributed by atoms with Gasteiger partial charge in [0.1, 0.15) is 0 Å². The van der Waals surface area contributed by atoms with Crippen molar-refractivity contribution in [3.05, 3.63) is 47.5 Å². The number of methoxy groups -OCH3 is 2. The van der Waals surface area contributed by atoms with E-state index < -0.39 is 11.8 Å². The fourth-order valence-electron chi connectivity index (χ4n) is 4.81. The van der Waals surface area contributed by atoms with Gasteiger partial charge in [0.05, 0.1) is 31.6 Å². The van der Waals surface area contributed by atoms with Gasteiger partial charge in [-0.05, 0) is 29.0 Å². The van der Waals surface area contributed by atoms with Gasteiger partial charge in [-0.25, -0.2) is 0 Å². The summed E-state index contributed by atoms with van der Waals surface area (Å²) in [7, 11) is 2.73. The summed E-state index contributed by atoms with van der Waals surface area (Å²) in [5.74, 6) is -2.21. The molecule has 0 aliphatic heterocycles. The van der Waals surface area contributed by atoms with Crippen molar-refractivity contribution in [2.45, 2.75) is 25.7 Å². The highest BCUT2D eigenvalue weighted by atomic mass is 16.5. The maximum atomic E-state index is 12.6. The molecule has 1 N–H and O–H groups in total. The number of carbonyl (C=O) groups is 2. The zero-order valence-electron chi connectivity index (χ0n) is 15.9. The number of benzene rings is 2. The van der Waals surface area contributed by atoms with Crippen LogP contribution in [0.25, 0.3) is 21.8 Å². The van der Waals surface area contributed by atoms with Crippen LogP contribution in [0.1, 0.15) is 36.8 Å². The number of H-pyrrole nitrogens is 1. The lowest BCUT2D eigenvalue weighted by Crippen LogP contribution is -2.41. The van der Waals surface area contributed by atoms with Gasteiger partial charge in [0.15, 0.2) is 0 Å². The number of ether oxygens (including phenoxy) is 2. The Kier molecular flexibility index (Phi) is 4.17. The average molecular weight is 365 g/mol. The molecule has 0 fully saturated rings. The molecule has 140 valence electrons. The monoisotopic (exact) mass is 365 g/mol. The van der Waals surface area contributed by atoms with Crippen LogP contribution in [0.3, 0.4) is 0 Å². The van der Waals surface area contributed by atoms with Crippen molar-refractivity contribution in [1.82, 2.24) is 4.98 Å². The smallest absolute Gasteiger partial charge is 0.310 e. The van der Waals surface area contributed by atoms with Crippen molar-refractivity contribution < 1.29 is 19.1 Å². The normalized spacial score (nSPS) is 24.6. The summed E-state index contributed by atoms with van der Waals surface area (Å²) in [5.41, 5.74) is 4.26. The van der Waals surface area contributed by atoms with Gasteiger partial charge in [-0.15, -0.1) is 0 Å². The minimum Gasteiger partial charge on any atom is -0.469 e. The second-order valence-corrected chi connectivity index (χ2v) is 7.34. The van der Waals surface area contributed by atoms with Crippen LogP contribution < -0.4 is 0 Å². The van der Waals surface area contributed by atoms with Gasteiger partial charge in [-0.3, -0.25) is 9.59 Å². The molecule has 1 heterocycles. The number of rotatable bonds is 2. The van der Waals surface area contributed by atoms with Crippen LogP contribution >= 0.6 is 0 Å². The minimum atomic E-state index is -0.582. The summed E-state index contributed by atoms with van der Waals surface area (Å²) in [6.07, 6.45) is 0. The Hall–Kier alpha value is -2.82. The Bertz CT molecular complexity index is 1050. The average Bonchev–Trinajstić information content (AvgIpc) is 3.07. The summed E-state index contributed by atoms with van der Waals surface area (Å²) in [4.78, 5) is 28.7. The first-order valence-corrected chi connectivity index (χ1v) is 9.18. The zero-order chi connectivity index (χ0) is 19.3. The molecule has 5 nitrogen and oxygen atoms in total. The zero-order valence-corrected chi connectivity index (χ0v) is 15.9. The van der Waals surface area contributed by atoms with E-state index in [2.05, 4.69) is 23.2 Å². The van der Waals surface area contributed by atoms with E-state index in [0.29, 0.717) is 0 Å². The number of fused-ring (bicyclic) bond motifs is 5. The van der Waals surface area contributed by atoms with Crippen molar-refractivity contribution in [2.24, 2.45) is 11.8 Å². The molecule has 0 radical (unpaired) electrons. The molecule has 27 heavy (non-hydrogen) atoms. The lowest BCUT2D eigenvalue weighted by molar-refractivity contribution is -0.160. The number of hydrogen-bond donors (Lipinski definition) is 1. The number of aromatic amines is 1. The molecule has 1 aliphatic carbocycles. The lowest BCUT2D eigenvalue weighted by atomic mass is 9.64. The molecular formula is C22H23NO4. The number of aromatic nitrogens is 1. The predicted octanol–water partition coefficient (Wildman–Crippen LogP) is 4.12. The topological polar surface area (TPSA) is 68.4 Å². The first kappa shape index (κ1) is 17.6. The molecule has 2 aromatic carbocycles. The summed E-state index contributed by atoms with van der Waals surface area (Å²) in [5, 5.41) is 2.28. The summed E-state index contributed by atoms with van der Waals surface area (Å²) >= 11 is 0. The molecule has 0 bridgehead atoms. The highest BCUT2D eigenvalue weighted by Crippen LogP contribution is 2.50. The van der Waals surface area contributed by atoms with Gasteiger partial charge in [-0.2, -0.15) is 0 Å². The van der Waals surface area contributed by atoms with Crippen LogP contribution in [0.15, 0.2) is 36.4 Å². The Morgan fingerprint density at radius 3 is 2.15 bits per heavy atom. The van der Waals surface area contributed by atoms with Gasteiger partial charge in [-0.1, -0.05) is 44.2 Å². The van der Waals surface area contributed by atoms with E-state index in [-0.39, 0.29) is 23.8 Å². The van der Waals surface area contributed by atoms with E-state index in [1.807, 2.05) is 32.0 Å². The van der Waals surface area contributed by atoms with E-state index in [1.54, 1.807) is 0 Å². The Morgan fingerprint density at radius 1 is 0.852 bits per heavy atom.